The fourth-order valence-corrected chi connectivity index (χ4v) is 2.36. The van der Waals surface area contributed by atoms with Crippen molar-refractivity contribution in [2.45, 2.75) is 13.0 Å². The molecule has 2 heterocycles. The van der Waals surface area contributed by atoms with Gasteiger partial charge in [0.2, 0.25) is 0 Å². The van der Waals surface area contributed by atoms with Crippen LogP contribution in [-0.4, -0.2) is 38.0 Å². The number of amides is 1. The number of aromatic nitrogens is 3. The second-order valence-corrected chi connectivity index (χ2v) is 5.39. The average Bonchev–Trinajstić information content (AvgIpc) is 3.21. The van der Waals surface area contributed by atoms with Gasteiger partial charge in [-0.15, -0.1) is 0 Å². The SMILES string of the molecule is C[C@@H](O)CNC(=O)c1cnn(-c2ccccc2F)c1-n1cccc1. The minimum atomic E-state index is -0.661. The lowest BCUT2D eigenvalue weighted by Crippen LogP contribution is -2.31. The van der Waals surface area contributed by atoms with Crippen LogP contribution < -0.4 is 5.32 Å². The molecule has 0 saturated heterocycles. The van der Waals surface area contributed by atoms with Crippen LogP contribution in [0.5, 0.6) is 0 Å². The first-order valence-corrected chi connectivity index (χ1v) is 7.50. The number of hydrogen-bond acceptors (Lipinski definition) is 3. The molecule has 24 heavy (non-hydrogen) atoms. The molecule has 124 valence electrons. The predicted octanol–water partition coefficient (Wildman–Crippen LogP) is 1.91. The Hall–Kier alpha value is -2.93. The molecule has 1 amide bonds. The molecule has 0 aliphatic rings. The molecule has 1 atom stereocenters. The Morgan fingerprint density at radius 1 is 1.29 bits per heavy atom. The molecule has 0 aliphatic heterocycles. The van der Waals surface area contributed by atoms with Crippen molar-refractivity contribution >= 4 is 5.91 Å². The summed E-state index contributed by atoms with van der Waals surface area (Å²) < 4.78 is 17.2. The highest BCUT2D eigenvalue weighted by molar-refractivity contribution is 5.97. The monoisotopic (exact) mass is 328 g/mol. The molecule has 0 bridgehead atoms. The lowest BCUT2D eigenvalue weighted by atomic mass is 10.2. The van der Waals surface area contributed by atoms with Gasteiger partial charge in [-0.3, -0.25) is 4.79 Å². The Morgan fingerprint density at radius 2 is 2.00 bits per heavy atom. The van der Waals surface area contributed by atoms with Crippen molar-refractivity contribution in [3.63, 3.8) is 0 Å². The van der Waals surface area contributed by atoms with E-state index in [-0.39, 0.29) is 23.7 Å². The molecule has 7 heteroatoms. The lowest BCUT2D eigenvalue weighted by molar-refractivity contribution is 0.0924. The smallest absolute Gasteiger partial charge is 0.256 e. The summed E-state index contributed by atoms with van der Waals surface area (Å²) in [4.78, 5) is 12.4. The van der Waals surface area contributed by atoms with Crippen molar-refractivity contribution in [1.82, 2.24) is 19.7 Å². The fourth-order valence-electron chi connectivity index (χ4n) is 2.36. The van der Waals surface area contributed by atoms with Gasteiger partial charge in [0.15, 0.2) is 5.82 Å². The molecule has 6 nitrogen and oxygen atoms in total. The summed E-state index contributed by atoms with van der Waals surface area (Å²) in [5.74, 6) is -0.402. The van der Waals surface area contributed by atoms with Gasteiger partial charge in [0.05, 0.1) is 12.3 Å². The Kier molecular flexibility index (Phi) is 4.43. The van der Waals surface area contributed by atoms with E-state index < -0.39 is 11.9 Å². The molecule has 3 aromatic rings. The first-order valence-electron chi connectivity index (χ1n) is 7.50. The summed E-state index contributed by atoms with van der Waals surface area (Å²) in [7, 11) is 0. The standard InChI is InChI=1S/C17H17FN4O2/c1-12(23)10-19-16(24)13-11-20-22(15-7-3-2-6-14(15)18)17(13)21-8-4-5-9-21/h2-9,11-12,23H,10H2,1H3,(H,19,24)/t12-/m1/s1. The summed E-state index contributed by atoms with van der Waals surface area (Å²) >= 11 is 0. The van der Waals surface area contributed by atoms with E-state index in [0.29, 0.717) is 5.82 Å². The van der Waals surface area contributed by atoms with Crippen molar-refractivity contribution in [2.75, 3.05) is 6.54 Å². The van der Waals surface area contributed by atoms with Gasteiger partial charge in [0.25, 0.3) is 5.91 Å². The Balaban J connectivity index is 2.08. The Morgan fingerprint density at radius 3 is 2.67 bits per heavy atom. The molecule has 0 saturated carbocycles. The molecule has 0 unspecified atom stereocenters. The van der Waals surface area contributed by atoms with Gasteiger partial charge in [-0.25, -0.2) is 9.07 Å². The number of nitrogens with one attached hydrogen (secondary N) is 1. The minimum Gasteiger partial charge on any atom is -0.392 e. The summed E-state index contributed by atoms with van der Waals surface area (Å²) in [5.41, 5.74) is 0.533. The zero-order valence-electron chi connectivity index (χ0n) is 13.1. The molecular formula is C17H17FN4O2. The molecule has 0 radical (unpaired) electrons. The van der Waals surface area contributed by atoms with Gasteiger partial charge in [-0.05, 0) is 31.2 Å². The third kappa shape index (κ3) is 3.07. The molecule has 0 aliphatic carbocycles. The van der Waals surface area contributed by atoms with Crippen LogP contribution in [0, 0.1) is 5.82 Å². The summed E-state index contributed by atoms with van der Waals surface area (Å²) in [5, 5.41) is 16.1. The van der Waals surface area contributed by atoms with Crippen molar-refractivity contribution in [2.24, 2.45) is 0 Å². The topological polar surface area (TPSA) is 72.1 Å². The number of halogens is 1. The van der Waals surface area contributed by atoms with Gasteiger partial charge >= 0.3 is 0 Å². The quantitative estimate of drug-likeness (QED) is 0.751. The second kappa shape index (κ2) is 6.67. The Labute approximate surface area is 138 Å². The third-order valence-electron chi connectivity index (χ3n) is 3.48. The van der Waals surface area contributed by atoms with E-state index in [9.17, 15) is 14.3 Å². The van der Waals surface area contributed by atoms with E-state index in [0.717, 1.165) is 0 Å². The number of rotatable bonds is 5. The van der Waals surface area contributed by atoms with Gasteiger partial charge in [0, 0.05) is 18.9 Å². The molecular weight excluding hydrogens is 311 g/mol. The highest BCUT2D eigenvalue weighted by Crippen LogP contribution is 2.21. The van der Waals surface area contributed by atoms with Gasteiger partial charge < -0.3 is 15.0 Å². The number of aliphatic hydroxyl groups excluding tert-OH is 1. The van der Waals surface area contributed by atoms with Crippen molar-refractivity contribution in [3.05, 3.63) is 66.4 Å². The first-order chi connectivity index (χ1) is 11.6. The molecule has 0 fully saturated rings. The first kappa shape index (κ1) is 15.9. The van der Waals surface area contributed by atoms with E-state index in [2.05, 4.69) is 10.4 Å². The number of aliphatic hydroxyl groups is 1. The van der Waals surface area contributed by atoms with Crippen molar-refractivity contribution in [3.8, 4) is 11.5 Å². The van der Waals surface area contributed by atoms with Gasteiger partial charge in [-0.1, -0.05) is 12.1 Å². The number of carbonyl (C=O) groups is 1. The molecule has 0 spiro atoms. The molecule has 2 aromatic heterocycles. The van der Waals surface area contributed by atoms with E-state index in [1.54, 1.807) is 54.2 Å². The summed E-state index contributed by atoms with van der Waals surface area (Å²) in [6, 6.07) is 9.82. The van der Waals surface area contributed by atoms with Crippen LogP contribution in [0.3, 0.4) is 0 Å². The molecule has 1 aromatic carbocycles. The van der Waals surface area contributed by atoms with Gasteiger partial charge in [-0.2, -0.15) is 5.10 Å². The van der Waals surface area contributed by atoms with E-state index in [1.165, 1.54) is 16.9 Å². The summed E-state index contributed by atoms with van der Waals surface area (Å²) in [6.07, 6.45) is 4.23. The maximum atomic E-state index is 14.2. The van der Waals surface area contributed by atoms with Gasteiger partial charge in [0.1, 0.15) is 17.1 Å². The average molecular weight is 328 g/mol. The minimum absolute atomic E-state index is 0.120. The van der Waals surface area contributed by atoms with Crippen LogP contribution in [0.25, 0.3) is 11.5 Å². The maximum Gasteiger partial charge on any atom is 0.256 e. The lowest BCUT2D eigenvalue weighted by Gasteiger charge is -2.12. The number of nitrogens with zero attached hydrogens (tertiary/aromatic N) is 3. The highest BCUT2D eigenvalue weighted by Gasteiger charge is 2.21. The normalized spacial score (nSPS) is 12.1. The maximum absolute atomic E-state index is 14.2. The van der Waals surface area contributed by atoms with Crippen molar-refractivity contribution < 1.29 is 14.3 Å². The highest BCUT2D eigenvalue weighted by atomic mass is 19.1. The molecule has 2 N–H and O–H groups in total. The number of hydrogen-bond donors (Lipinski definition) is 2. The van der Waals surface area contributed by atoms with Crippen LogP contribution in [0.1, 0.15) is 17.3 Å². The Bertz CT molecular complexity index is 840. The fraction of sp³-hybridized carbons (Fsp3) is 0.176. The largest absolute Gasteiger partial charge is 0.392 e. The zero-order chi connectivity index (χ0) is 17.1. The van der Waals surface area contributed by atoms with E-state index in [1.807, 2.05) is 0 Å². The number of benzene rings is 1. The van der Waals surface area contributed by atoms with Crippen molar-refractivity contribution in [1.29, 1.82) is 0 Å². The zero-order valence-corrected chi connectivity index (χ0v) is 13.1. The van der Waals surface area contributed by atoms with E-state index >= 15 is 0 Å². The summed E-state index contributed by atoms with van der Waals surface area (Å²) in [6.45, 7) is 1.70. The van der Waals surface area contributed by atoms with Crippen LogP contribution >= 0.6 is 0 Å². The number of carbonyl (C=O) groups excluding carboxylic acids is 1. The van der Waals surface area contributed by atoms with Crippen LogP contribution in [0.2, 0.25) is 0 Å². The van der Waals surface area contributed by atoms with Crippen LogP contribution in [0.4, 0.5) is 4.39 Å². The predicted molar refractivity (Wildman–Crippen MR) is 86.9 cm³/mol. The van der Waals surface area contributed by atoms with Crippen LogP contribution in [0.15, 0.2) is 55.0 Å². The number of para-hydroxylation sites is 1. The van der Waals surface area contributed by atoms with E-state index in [4.69, 9.17) is 0 Å². The molecule has 3 rings (SSSR count). The second-order valence-electron chi connectivity index (χ2n) is 5.39. The van der Waals surface area contributed by atoms with Crippen LogP contribution in [-0.2, 0) is 0 Å². The third-order valence-corrected chi connectivity index (χ3v) is 3.48.